The molecule has 0 aliphatic rings. The summed E-state index contributed by atoms with van der Waals surface area (Å²) in [5.41, 5.74) is 6.72. The van der Waals surface area contributed by atoms with E-state index in [1.807, 2.05) is 116 Å². The highest BCUT2D eigenvalue weighted by Crippen LogP contribution is 2.36. The highest BCUT2D eigenvalue weighted by molar-refractivity contribution is 6.14. The third-order valence-corrected chi connectivity index (χ3v) is 6.69. The van der Waals surface area contributed by atoms with Gasteiger partial charge in [-0.3, -0.25) is 9.59 Å². The Morgan fingerprint density at radius 3 is 1.67 bits per heavy atom. The number of aryl methyl sites for hydroxylation is 1. The monoisotopic (exact) mass is 511 g/mol. The van der Waals surface area contributed by atoms with E-state index in [1.165, 1.54) is 0 Å². The zero-order valence-electron chi connectivity index (χ0n) is 21.9. The molecule has 2 amide bonds. The fourth-order valence-corrected chi connectivity index (χ4v) is 4.50. The Bertz CT molecular complexity index is 1580. The van der Waals surface area contributed by atoms with Gasteiger partial charge in [0.25, 0.3) is 11.8 Å². The summed E-state index contributed by atoms with van der Waals surface area (Å²) in [6, 6.07) is 40.1. The maximum absolute atomic E-state index is 13.8. The predicted octanol–water partition coefficient (Wildman–Crippen LogP) is 8.28. The summed E-state index contributed by atoms with van der Waals surface area (Å²) in [4.78, 5) is 29.1. The van der Waals surface area contributed by atoms with Crippen molar-refractivity contribution >= 4 is 40.3 Å². The number of rotatable bonds is 7. The van der Waals surface area contributed by atoms with Crippen LogP contribution < -0.4 is 15.5 Å². The number of nitrogens with one attached hydrogen (secondary N) is 2. The molecule has 0 aliphatic carbocycles. The SMILES string of the molecule is Cc1cccc(NC(=O)c2ccccc2NC(=O)c2ccccc2N(c2ccccc2)c2ccccc2)c1C. The summed E-state index contributed by atoms with van der Waals surface area (Å²) in [5, 5.41) is 5.99. The highest BCUT2D eigenvalue weighted by Gasteiger charge is 2.21. The number of amides is 2. The van der Waals surface area contributed by atoms with Gasteiger partial charge < -0.3 is 15.5 Å². The van der Waals surface area contributed by atoms with E-state index in [0.29, 0.717) is 16.8 Å². The Morgan fingerprint density at radius 2 is 1.00 bits per heavy atom. The van der Waals surface area contributed by atoms with Crippen LogP contribution in [0.25, 0.3) is 0 Å². The van der Waals surface area contributed by atoms with Gasteiger partial charge in [-0.15, -0.1) is 0 Å². The topological polar surface area (TPSA) is 61.4 Å². The maximum Gasteiger partial charge on any atom is 0.257 e. The minimum atomic E-state index is -0.311. The fourth-order valence-electron chi connectivity index (χ4n) is 4.50. The molecule has 0 saturated carbocycles. The zero-order valence-corrected chi connectivity index (χ0v) is 21.9. The van der Waals surface area contributed by atoms with Gasteiger partial charge in [0.05, 0.1) is 22.5 Å². The number of hydrogen-bond acceptors (Lipinski definition) is 3. The van der Waals surface area contributed by atoms with Crippen LogP contribution in [0.2, 0.25) is 0 Å². The molecule has 5 nitrogen and oxygen atoms in total. The predicted molar refractivity (Wildman–Crippen MR) is 159 cm³/mol. The van der Waals surface area contributed by atoms with Crippen LogP contribution in [0.15, 0.2) is 127 Å². The molecule has 0 aromatic heterocycles. The molecule has 0 aliphatic heterocycles. The molecule has 0 spiro atoms. The summed E-state index contributed by atoms with van der Waals surface area (Å²) < 4.78 is 0. The number of anilines is 5. The average molecular weight is 512 g/mol. The quantitative estimate of drug-likeness (QED) is 0.231. The van der Waals surface area contributed by atoms with Crippen LogP contribution in [0.1, 0.15) is 31.8 Å². The molecule has 5 rings (SSSR count). The van der Waals surface area contributed by atoms with Crippen molar-refractivity contribution in [1.29, 1.82) is 0 Å². The molecule has 0 unspecified atom stereocenters. The Kier molecular flexibility index (Phi) is 7.51. The molecule has 5 aromatic rings. The van der Waals surface area contributed by atoms with Crippen LogP contribution in [0, 0.1) is 13.8 Å². The van der Waals surface area contributed by atoms with E-state index in [9.17, 15) is 9.59 Å². The number of carbonyl (C=O) groups excluding carboxylic acids is 2. The van der Waals surface area contributed by atoms with Crippen LogP contribution in [0.5, 0.6) is 0 Å². The van der Waals surface area contributed by atoms with Gasteiger partial charge in [-0.1, -0.05) is 72.8 Å². The van der Waals surface area contributed by atoms with Crippen molar-refractivity contribution in [2.75, 3.05) is 15.5 Å². The van der Waals surface area contributed by atoms with Gasteiger partial charge in [0.1, 0.15) is 0 Å². The van der Waals surface area contributed by atoms with Crippen molar-refractivity contribution in [3.05, 3.63) is 150 Å². The molecule has 5 heteroatoms. The smallest absolute Gasteiger partial charge is 0.257 e. The molecule has 0 fully saturated rings. The van der Waals surface area contributed by atoms with Gasteiger partial charge in [0, 0.05) is 17.1 Å². The zero-order chi connectivity index (χ0) is 27.2. The lowest BCUT2D eigenvalue weighted by Gasteiger charge is -2.27. The van der Waals surface area contributed by atoms with E-state index in [4.69, 9.17) is 0 Å². The molecule has 0 heterocycles. The molecule has 0 bridgehead atoms. The summed E-state index contributed by atoms with van der Waals surface area (Å²) in [6.45, 7) is 3.98. The summed E-state index contributed by atoms with van der Waals surface area (Å²) >= 11 is 0. The van der Waals surface area contributed by atoms with Crippen molar-refractivity contribution in [3.8, 4) is 0 Å². The first kappa shape index (κ1) is 25.5. The maximum atomic E-state index is 13.8. The van der Waals surface area contributed by atoms with Crippen molar-refractivity contribution < 1.29 is 9.59 Å². The van der Waals surface area contributed by atoms with E-state index in [2.05, 4.69) is 10.6 Å². The second-order valence-corrected chi connectivity index (χ2v) is 9.22. The molecule has 0 saturated heterocycles. The van der Waals surface area contributed by atoms with Gasteiger partial charge in [-0.25, -0.2) is 0 Å². The van der Waals surface area contributed by atoms with E-state index in [0.717, 1.165) is 33.9 Å². The number of hydrogen-bond donors (Lipinski definition) is 2. The lowest BCUT2D eigenvalue weighted by atomic mass is 10.1. The minimum absolute atomic E-state index is 0.289. The third-order valence-electron chi connectivity index (χ3n) is 6.69. The van der Waals surface area contributed by atoms with Gasteiger partial charge in [0.15, 0.2) is 0 Å². The molecule has 5 aromatic carbocycles. The first-order chi connectivity index (χ1) is 19.0. The second kappa shape index (κ2) is 11.5. The number of nitrogens with zero attached hydrogens (tertiary/aromatic N) is 1. The molecular formula is C34H29N3O2. The molecule has 0 radical (unpaired) electrons. The van der Waals surface area contributed by atoms with E-state index >= 15 is 0 Å². The standard InChI is InChI=1S/C34H29N3O2/c1-24-14-13-22-30(25(24)2)35-33(38)28-19-9-11-21-31(28)36-34(39)29-20-10-12-23-32(29)37(26-15-5-3-6-16-26)27-17-7-4-8-18-27/h3-23H,1-2H3,(H,35,38)(H,36,39). The Labute approximate surface area is 228 Å². The van der Waals surface area contributed by atoms with Crippen molar-refractivity contribution in [2.24, 2.45) is 0 Å². The Balaban J connectivity index is 1.48. The van der Waals surface area contributed by atoms with Crippen LogP contribution in [-0.2, 0) is 0 Å². The van der Waals surface area contributed by atoms with Gasteiger partial charge in [0.2, 0.25) is 0 Å². The van der Waals surface area contributed by atoms with Crippen LogP contribution in [0.3, 0.4) is 0 Å². The lowest BCUT2D eigenvalue weighted by Crippen LogP contribution is -2.21. The third kappa shape index (κ3) is 5.58. The largest absolute Gasteiger partial charge is 0.322 e. The van der Waals surface area contributed by atoms with E-state index in [1.54, 1.807) is 30.3 Å². The lowest BCUT2D eigenvalue weighted by molar-refractivity contribution is 0.102. The van der Waals surface area contributed by atoms with Crippen LogP contribution >= 0.6 is 0 Å². The average Bonchev–Trinajstić information content (AvgIpc) is 2.97. The molecule has 2 N–H and O–H groups in total. The van der Waals surface area contributed by atoms with E-state index < -0.39 is 0 Å². The van der Waals surface area contributed by atoms with Gasteiger partial charge in [-0.2, -0.15) is 0 Å². The Hall–Kier alpha value is -5.16. The van der Waals surface area contributed by atoms with Crippen LogP contribution in [-0.4, -0.2) is 11.8 Å². The number of benzene rings is 5. The number of para-hydroxylation sites is 4. The first-order valence-electron chi connectivity index (χ1n) is 12.8. The molecule has 39 heavy (non-hydrogen) atoms. The number of carbonyl (C=O) groups is 2. The van der Waals surface area contributed by atoms with Gasteiger partial charge >= 0.3 is 0 Å². The normalized spacial score (nSPS) is 10.5. The van der Waals surface area contributed by atoms with Crippen LogP contribution in [0.4, 0.5) is 28.4 Å². The minimum Gasteiger partial charge on any atom is -0.322 e. The molecule has 192 valence electrons. The summed E-state index contributed by atoms with van der Waals surface area (Å²) in [7, 11) is 0. The molecule has 0 atom stereocenters. The van der Waals surface area contributed by atoms with Crippen molar-refractivity contribution in [1.82, 2.24) is 0 Å². The summed E-state index contributed by atoms with van der Waals surface area (Å²) in [6.07, 6.45) is 0. The Morgan fingerprint density at radius 1 is 0.513 bits per heavy atom. The molecular weight excluding hydrogens is 482 g/mol. The summed E-state index contributed by atoms with van der Waals surface area (Å²) in [5.74, 6) is -0.600. The first-order valence-corrected chi connectivity index (χ1v) is 12.8. The van der Waals surface area contributed by atoms with Gasteiger partial charge in [-0.05, 0) is 79.6 Å². The van der Waals surface area contributed by atoms with Crippen molar-refractivity contribution in [3.63, 3.8) is 0 Å². The second-order valence-electron chi connectivity index (χ2n) is 9.22. The van der Waals surface area contributed by atoms with E-state index in [-0.39, 0.29) is 11.8 Å². The fraction of sp³-hybridized carbons (Fsp3) is 0.0588. The highest BCUT2D eigenvalue weighted by atomic mass is 16.2. The van der Waals surface area contributed by atoms with Crippen molar-refractivity contribution in [2.45, 2.75) is 13.8 Å².